The van der Waals surface area contributed by atoms with Crippen LogP contribution in [0.4, 0.5) is 24.5 Å². The van der Waals surface area contributed by atoms with Crippen molar-refractivity contribution in [1.29, 1.82) is 0 Å². The molecule has 164 valence electrons. The van der Waals surface area contributed by atoms with Crippen LogP contribution >= 0.6 is 0 Å². The van der Waals surface area contributed by atoms with E-state index in [1.165, 1.54) is 24.3 Å². The van der Waals surface area contributed by atoms with Crippen molar-refractivity contribution in [3.8, 4) is 16.9 Å². The molecule has 0 fully saturated rings. The fourth-order valence-electron chi connectivity index (χ4n) is 3.26. The van der Waals surface area contributed by atoms with Crippen LogP contribution in [0, 0.1) is 0 Å². The predicted molar refractivity (Wildman–Crippen MR) is 109 cm³/mol. The number of fused-ring (bicyclic) bond motifs is 1. The van der Waals surface area contributed by atoms with E-state index in [1.807, 2.05) is 0 Å². The van der Waals surface area contributed by atoms with Crippen LogP contribution in [-0.2, 0) is 11.3 Å². The van der Waals surface area contributed by atoms with Crippen LogP contribution in [0.5, 0.6) is 5.75 Å². The van der Waals surface area contributed by atoms with Gasteiger partial charge in [-0.15, -0.1) is 13.2 Å². The van der Waals surface area contributed by atoms with E-state index in [2.05, 4.69) is 26.9 Å². The monoisotopic (exact) mass is 435 g/mol. The van der Waals surface area contributed by atoms with Gasteiger partial charge in [0.15, 0.2) is 0 Å². The molecular weight excluding hydrogens is 415 g/mol. The maximum Gasteiger partial charge on any atom is 0.573 e. The van der Waals surface area contributed by atoms with Crippen molar-refractivity contribution >= 4 is 23.5 Å². The van der Waals surface area contributed by atoms with Gasteiger partial charge in [-0.1, -0.05) is 18.7 Å². The molecule has 1 amide bonds. The van der Waals surface area contributed by atoms with Gasteiger partial charge in [0.25, 0.3) is 0 Å². The molecule has 1 unspecified atom stereocenters. The lowest BCUT2D eigenvalue weighted by Crippen LogP contribution is -2.22. The van der Waals surface area contributed by atoms with E-state index in [4.69, 9.17) is 0 Å². The van der Waals surface area contributed by atoms with Gasteiger partial charge in [-0.3, -0.25) is 9.79 Å². The minimum atomic E-state index is -4.80. The second-order valence-electron chi connectivity index (χ2n) is 6.61. The molecule has 1 heterocycles. The Hall–Kier alpha value is -3.37. The molecule has 0 saturated carbocycles. The molecule has 0 bridgehead atoms. The number of benzene rings is 2. The van der Waals surface area contributed by atoms with E-state index in [0.717, 1.165) is 6.08 Å². The summed E-state index contributed by atoms with van der Waals surface area (Å²) in [4.78, 5) is 16.0. The molecule has 10 heteroatoms. The number of rotatable bonds is 7. The highest BCUT2D eigenvalue weighted by atomic mass is 19.4. The zero-order chi connectivity index (χ0) is 22.6. The Morgan fingerprint density at radius 1 is 1.35 bits per heavy atom. The van der Waals surface area contributed by atoms with Crippen molar-refractivity contribution in [3.05, 3.63) is 54.1 Å². The van der Waals surface area contributed by atoms with Gasteiger partial charge in [0.05, 0.1) is 24.5 Å². The van der Waals surface area contributed by atoms with Crippen LogP contribution in [0.1, 0.15) is 17.2 Å². The first-order valence-corrected chi connectivity index (χ1v) is 9.25. The van der Waals surface area contributed by atoms with Crippen LogP contribution in [0.25, 0.3) is 11.1 Å². The van der Waals surface area contributed by atoms with Crippen molar-refractivity contribution in [2.45, 2.75) is 19.0 Å². The number of aliphatic hydroxyl groups is 2. The Balaban J connectivity index is 2.10. The molecule has 0 aliphatic carbocycles. The molecular formula is C21H20F3N3O4. The molecule has 2 aromatic rings. The van der Waals surface area contributed by atoms with Crippen LogP contribution < -0.4 is 15.4 Å². The van der Waals surface area contributed by atoms with Gasteiger partial charge in [0.1, 0.15) is 11.9 Å². The Labute approximate surface area is 175 Å². The predicted octanol–water partition coefficient (Wildman–Crippen LogP) is 3.21. The van der Waals surface area contributed by atoms with E-state index in [-0.39, 0.29) is 12.3 Å². The number of nitrogens with zero attached hydrogens (tertiary/aromatic N) is 1. The smallest absolute Gasteiger partial charge is 0.406 e. The SMILES string of the molecule is C=CC(=O)NCc1cc(-c2ccc(OC(F)(F)F)cc2)c2c(c1C(O)CO)N=CCN2. The molecule has 1 aliphatic heterocycles. The largest absolute Gasteiger partial charge is 0.573 e. The zero-order valence-electron chi connectivity index (χ0n) is 16.2. The van der Waals surface area contributed by atoms with Crippen molar-refractivity contribution < 1.29 is 32.9 Å². The molecule has 3 rings (SSSR count). The first-order chi connectivity index (χ1) is 14.7. The summed E-state index contributed by atoms with van der Waals surface area (Å²) < 4.78 is 41.2. The Kier molecular flexibility index (Phi) is 6.62. The maximum atomic E-state index is 12.4. The quantitative estimate of drug-likeness (QED) is 0.500. The molecule has 0 spiro atoms. The Morgan fingerprint density at radius 3 is 2.68 bits per heavy atom. The van der Waals surface area contributed by atoms with Crippen LogP contribution in [0.15, 0.2) is 48.0 Å². The average Bonchev–Trinajstić information content (AvgIpc) is 2.75. The lowest BCUT2D eigenvalue weighted by atomic mass is 9.91. The fraction of sp³-hybridized carbons (Fsp3) is 0.238. The van der Waals surface area contributed by atoms with Crippen LogP contribution in [0.3, 0.4) is 0 Å². The van der Waals surface area contributed by atoms with Crippen LogP contribution in [0.2, 0.25) is 0 Å². The number of nitrogens with one attached hydrogen (secondary N) is 2. The van der Waals surface area contributed by atoms with E-state index < -0.39 is 25.0 Å². The summed E-state index contributed by atoms with van der Waals surface area (Å²) in [7, 11) is 0. The summed E-state index contributed by atoms with van der Waals surface area (Å²) in [5, 5.41) is 25.7. The van der Waals surface area contributed by atoms with Crippen LogP contribution in [-0.4, -0.2) is 41.8 Å². The molecule has 31 heavy (non-hydrogen) atoms. The fourth-order valence-corrected chi connectivity index (χ4v) is 3.26. The highest BCUT2D eigenvalue weighted by Gasteiger charge is 2.31. The number of hydrogen-bond acceptors (Lipinski definition) is 6. The molecule has 0 aromatic heterocycles. The molecule has 2 aromatic carbocycles. The first-order valence-electron chi connectivity index (χ1n) is 9.25. The lowest BCUT2D eigenvalue weighted by molar-refractivity contribution is -0.274. The average molecular weight is 435 g/mol. The van der Waals surface area contributed by atoms with Gasteiger partial charge in [-0.25, -0.2) is 0 Å². The van der Waals surface area contributed by atoms with E-state index in [1.54, 1.807) is 12.3 Å². The van der Waals surface area contributed by atoms with Crippen molar-refractivity contribution in [2.24, 2.45) is 4.99 Å². The molecule has 1 atom stereocenters. The topological polar surface area (TPSA) is 103 Å². The Bertz CT molecular complexity index is 1000. The standard InChI is InChI=1S/C21H20F3N3O4/c1-2-17(30)27-10-13-9-15(12-3-5-14(6-4-12)31-21(22,23)24)19-20(26-8-7-25-19)18(13)16(29)11-28/h2-6,8-9,16,25,28-29H,1,7,10-11H2,(H,27,30). The molecule has 4 N–H and O–H groups in total. The molecule has 1 aliphatic rings. The van der Waals surface area contributed by atoms with Crippen molar-refractivity contribution in [2.75, 3.05) is 18.5 Å². The van der Waals surface area contributed by atoms with Gasteiger partial charge in [0, 0.05) is 23.9 Å². The molecule has 0 saturated heterocycles. The van der Waals surface area contributed by atoms with E-state index >= 15 is 0 Å². The minimum Gasteiger partial charge on any atom is -0.406 e. The molecule has 7 nitrogen and oxygen atoms in total. The zero-order valence-corrected chi connectivity index (χ0v) is 16.2. The summed E-state index contributed by atoms with van der Waals surface area (Å²) >= 11 is 0. The summed E-state index contributed by atoms with van der Waals surface area (Å²) in [6, 6.07) is 6.99. The number of carbonyl (C=O) groups excluding carboxylic acids is 1. The highest BCUT2D eigenvalue weighted by Crippen LogP contribution is 2.44. The number of hydrogen-bond donors (Lipinski definition) is 4. The Morgan fingerprint density at radius 2 is 2.06 bits per heavy atom. The number of carbonyl (C=O) groups is 1. The first kappa shape index (κ1) is 22.3. The van der Waals surface area contributed by atoms with Gasteiger partial charge in [-0.2, -0.15) is 0 Å². The number of aliphatic imine (C=N–C) groups is 1. The van der Waals surface area contributed by atoms with Gasteiger partial charge in [0.2, 0.25) is 5.91 Å². The number of ether oxygens (including phenoxy) is 1. The van der Waals surface area contributed by atoms with Crippen molar-refractivity contribution in [3.63, 3.8) is 0 Å². The number of aliphatic hydroxyl groups excluding tert-OH is 2. The molecule has 0 radical (unpaired) electrons. The normalized spacial score (nSPS) is 13.7. The number of alkyl halides is 3. The lowest BCUT2D eigenvalue weighted by Gasteiger charge is -2.25. The van der Waals surface area contributed by atoms with Gasteiger partial charge >= 0.3 is 6.36 Å². The minimum absolute atomic E-state index is 0.0162. The highest BCUT2D eigenvalue weighted by molar-refractivity contribution is 5.94. The van der Waals surface area contributed by atoms with Crippen molar-refractivity contribution in [1.82, 2.24) is 5.32 Å². The summed E-state index contributed by atoms with van der Waals surface area (Å²) in [5.41, 5.74) is 2.92. The maximum absolute atomic E-state index is 12.4. The van der Waals surface area contributed by atoms with Gasteiger partial charge < -0.3 is 25.6 Å². The summed E-state index contributed by atoms with van der Waals surface area (Å²) in [6.07, 6.45) is -3.36. The second-order valence-corrected chi connectivity index (χ2v) is 6.61. The third-order valence-corrected chi connectivity index (χ3v) is 4.56. The number of amides is 1. The van der Waals surface area contributed by atoms with E-state index in [0.29, 0.717) is 40.2 Å². The summed E-state index contributed by atoms with van der Waals surface area (Å²) in [6.45, 7) is 3.24. The van der Waals surface area contributed by atoms with E-state index in [9.17, 15) is 28.2 Å². The number of halogens is 3. The van der Waals surface area contributed by atoms with Gasteiger partial charge in [-0.05, 0) is 35.4 Å². The summed E-state index contributed by atoms with van der Waals surface area (Å²) in [5.74, 6) is -0.791. The number of anilines is 1. The second kappa shape index (κ2) is 9.19. The third kappa shape index (κ3) is 5.22. The third-order valence-electron chi connectivity index (χ3n) is 4.56.